The fourth-order valence-corrected chi connectivity index (χ4v) is 3.41. The van der Waals surface area contributed by atoms with E-state index in [9.17, 15) is 4.79 Å². The minimum Gasteiger partial charge on any atom is -0.473 e. The highest BCUT2D eigenvalue weighted by atomic mass is 35.5. The van der Waals surface area contributed by atoms with Crippen molar-refractivity contribution in [1.82, 2.24) is 4.98 Å². The third kappa shape index (κ3) is 4.45. The number of rotatable bonds is 6. The van der Waals surface area contributed by atoms with Crippen LogP contribution in [0.3, 0.4) is 0 Å². The van der Waals surface area contributed by atoms with Crippen LogP contribution < -0.4 is 10.1 Å². The molecule has 0 atom stereocenters. The first-order valence-corrected chi connectivity index (χ1v) is 8.93. The topological polar surface area (TPSA) is 51.2 Å². The summed E-state index contributed by atoms with van der Waals surface area (Å²) in [5, 5.41) is 3.31. The Morgan fingerprint density at radius 3 is 2.96 bits per heavy atom. The average Bonchev–Trinajstić information content (AvgIpc) is 3.16. The second-order valence-electron chi connectivity index (χ2n) is 6.04. The summed E-state index contributed by atoms with van der Waals surface area (Å²) >= 11 is 7.53. The van der Waals surface area contributed by atoms with Gasteiger partial charge in [-0.25, -0.2) is 4.98 Å². The second kappa shape index (κ2) is 6.89. The maximum atomic E-state index is 12.5. The quantitative estimate of drug-likeness (QED) is 0.815. The predicted octanol–water partition coefficient (Wildman–Crippen LogP) is 4.79. The van der Waals surface area contributed by atoms with Crippen LogP contribution >= 0.6 is 22.9 Å². The van der Waals surface area contributed by atoms with E-state index in [2.05, 4.69) is 10.3 Å². The number of nitrogens with zero attached hydrogens (tertiary/aromatic N) is 1. The Bertz CT molecular complexity index is 710. The Kier molecular flexibility index (Phi) is 4.87. The third-order valence-electron chi connectivity index (χ3n) is 3.49. The van der Waals surface area contributed by atoms with Crippen LogP contribution in [-0.4, -0.2) is 17.0 Å². The fourth-order valence-electron chi connectivity index (χ4n) is 2.23. The van der Waals surface area contributed by atoms with Crippen LogP contribution in [0.5, 0.6) is 5.88 Å². The summed E-state index contributed by atoms with van der Waals surface area (Å²) in [4.78, 5) is 18.6. The van der Waals surface area contributed by atoms with Crippen LogP contribution in [0.15, 0.2) is 24.4 Å². The molecule has 0 aliphatic heterocycles. The summed E-state index contributed by atoms with van der Waals surface area (Å²) in [7, 11) is 0. The molecule has 122 valence electrons. The molecule has 1 saturated carbocycles. The normalized spacial score (nSPS) is 14.1. The number of ether oxygens (including phenoxy) is 1. The van der Waals surface area contributed by atoms with Crippen LogP contribution in [0.1, 0.15) is 41.2 Å². The summed E-state index contributed by atoms with van der Waals surface area (Å²) in [6.45, 7) is 3.82. The molecule has 3 rings (SSSR count). The molecular weight excluding hydrogens is 332 g/mol. The van der Waals surface area contributed by atoms with Crippen molar-refractivity contribution in [2.75, 3.05) is 5.32 Å². The first-order chi connectivity index (χ1) is 11.0. The first kappa shape index (κ1) is 16.3. The van der Waals surface area contributed by atoms with Crippen molar-refractivity contribution in [3.63, 3.8) is 0 Å². The third-order valence-corrected chi connectivity index (χ3v) is 4.80. The lowest BCUT2D eigenvalue weighted by molar-refractivity contribution is 0.102. The van der Waals surface area contributed by atoms with E-state index in [0.29, 0.717) is 21.5 Å². The van der Waals surface area contributed by atoms with Crippen LogP contribution in [0, 0.1) is 5.92 Å². The maximum absolute atomic E-state index is 12.5. The van der Waals surface area contributed by atoms with Gasteiger partial charge in [-0.05, 0) is 57.2 Å². The summed E-state index contributed by atoms with van der Waals surface area (Å²) < 4.78 is 5.62. The van der Waals surface area contributed by atoms with Gasteiger partial charge in [0.2, 0.25) is 5.88 Å². The summed E-state index contributed by atoms with van der Waals surface area (Å²) in [6, 6.07) is 5.57. The smallest absolute Gasteiger partial charge is 0.265 e. The molecule has 0 spiro atoms. The van der Waals surface area contributed by atoms with E-state index in [1.165, 1.54) is 23.9 Å². The van der Waals surface area contributed by atoms with Crippen molar-refractivity contribution in [3.05, 3.63) is 39.2 Å². The van der Waals surface area contributed by atoms with E-state index in [0.717, 1.165) is 12.3 Å². The number of amides is 1. The molecule has 0 radical (unpaired) electrons. The number of carbonyl (C=O) groups excluding carboxylic acids is 1. The molecule has 2 heterocycles. The van der Waals surface area contributed by atoms with Crippen LogP contribution in [0.25, 0.3) is 0 Å². The van der Waals surface area contributed by atoms with Crippen molar-refractivity contribution < 1.29 is 9.53 Å². The van der Waals surface area contributed by atoms with Crippen LogP contribution in [0.2, 0.25) is 5.02 Å². The molecule has 0 bridgehead atoms. The molecule has 0 aromatic carbocycles. The van der Waals surface area contributed by atoms with Gasteiger partial charge in [-0.3, -0.25) is 4.79 Å². The summed E-state index contributed by atoms with van der Waals surface area (Å²) in [5.41, 5.74) is 0.494. The fraction of sp³-hybridized carbons (Fsp3) is 0.412. The number of aromatic nitrogens is 1. The number of hydrogen-bond donors (Lipinski definition) is 1. The van der Waals surface area contributed by atoms with Crippen molar-refractivity contribution >= 4 is 34.5 Å². The molecule has 1 N–H and O–H groups in total. The zero-order valence-electron chi connectivity index (χ0n) is 13.1. The Balaban J connectivity index is 1.73. The predicted molar refractivity (Wildman–Crippen MR) is 93.7 cm³/mol. The zero-order chi connectivity index (χ0) is 16.4. The molecule has 1 fully saturated rings. The van der Waals surface area contributed by atoms with Crippen molar-refractivity contribution in [2.45, 2.75) is 39.2 Å². The van der Waals surface area contributed by atoms with Gasteiger partial charge in [-0.2, -0.15) is 0 Å². The van der Waals surface area contributed by atoms with Crippen LogP contribution in [0.4, 0.5) is 5.69 Å². The van der Waals surface area contributed by atoms with E-state index >= 15 is 0 Å². The largest absolute Gasteiger partial charge is 0.473 e. The van der Waals surface area contributed by atoms with E-state index < -0.39 is 0 Å². The van der Waals surface area contributed by atoms with Gasteiger partial charge < -0.3 is 10.1 Å². The van der Waals surface area contributed by atoms with Gasteiger partial charge in [0.15, 0.2) is 0 Å². The molecular formula is C17H19ClN2O2S. The van der Waals surface area contributed by atoms with Gasteiger partial charge in [-0.1, -0.05) is 11.6 Å². The first-order valence-electron chi connectivity index (χ1n) is 7.73. The van der Waals surface area contributed by atoms with Gasteiger partial charge in [0.05, 0.1) is 16.0 Å². The lowest BCUT2D eigenvalue weighted by Gasteiger charge is -2.13. The van der Waals surface area contributed by atoms with E-state index in [4.69, 9.17) is 16.3 Å². The molecule has 1 aliphatic rings. The molecule has 23 heavy (non-hydrogen) atoms. The highest BCUT2D eigenvalue weighted by Crippen LogP contribution is 2.35. The van der Waals surface area contributed by atoms with Crippen molar-refractivity contribution in [1.29, 1.82) is 0 Å². The molecule has 0 unspecified atom stereocenters. The van der Waals surface area contributed by atoms with Crippen molar-refractivity contribution in [3.8, 4) is 5.88 Å². The number of anilines is 1. The number of thiophene rings is 1. The number of carbonyl (C=O) groups is 1. The van der Waals surface area contributed by atoms with Gasteiger partial charge in [0.1, 0.15) is 5.69 Å². The maximum Gasteiger partial charge on any atom is 0.265 e. The van der Waals surface area contributed by atoms with E-state index in [-0.39, 0.29) is 12.0 Å². The lowest BCUT2D eigenvalue weighted by atomic mass is 10.2. The van der Waals surface area contributed by atoms with Gasteiger partial charge in [0, 0.05) is 11.1 Å². The Morgan fingerprint density at radius 1 is 1.48 bits per heavy atom. The Hall–Kier alpha value is -1.59. The highest BCUT2D eigenvalue weighted by molar-refractivity contribution is 7.14. The van der Waals surface area contributed by atoms with Gasteiger partial charge >= 0.3 is 0 Å². The number of hydrogen-bond acceptors (Lipinski definition) is 4. The average molecular weight is 351 g/mol. The molecule has 4 nitrogen and oxygen atoms in total. The SMILES string of the molecule is CC(C)Oc1ncc(Cl)cc1NC(=O)c1ccc(CC2CC2)s1. The van der Waals surface area contributed by atoms with E-state index in [1.54, 1.807) is 17.4 Å². The molecule has 6 heteroatoms. The minimum absolute atomic E-state index is 0.0359. The Labute approximate surface area is 144 Å². The number of pyridine rings is 1. The number of nitrogens with one attached hydrogen (secondary N) is 1. The van der Waals surface area contributed by atoms with Crippen LogP contribution in [-0.2, 0) is 6.42 Å². The monoisotopic (exact) mass is 350 g/mol. The number of halogens is 1. The summed E-state index contributed by atoms with van der Waals surface area (Å²) in [5.74, 6) is 1.04. The second-order valence-corrected chi connectivity index (χ2v) is 7.65. The van der Waals surface area contributed by atoms with Gasteiger partial charge in [0.25, 0.3) is 5.91 Å². The Morgan fingerprint density at radius 2 is 2.26 bits per heavy atom. The molecule has 1 amide bonds. The molecule has 2 aromatic heterocycles. The van der Waals surface area contributed by atoms with Crippen molar-refractivity contribution in [2.24, 2.45) is 5.92 Å². The molecule has 0 saturated heterocycles. The zero-order valence-corrected chi connectivity index (χ0v) is 14.7. The molecule has 1 aliphatic carbocycles. The lowest BCUT2D eigenvalue weighted by Crippen LogP contribution is -2.14. The van der Waals surface area contributed by atoms with E-state index in [1.807, 2.05) is 26.0 Å². The summed E-state index contributed by atoms with van der Waals surface area (Å²) in [6.07, 6.45) is 5.17. The highest BCUT2D eigenvalue weighted by Gasteiger charge is 2.23. The standard InChI is InChI=1S/C17H19ClN2O2S/c1-10(2)22-17-14(8-12(18)9-19-17)20-16(21)15-6-5-13(23-15)7-11-3-4-11/h5-6,8-11H,3-4,7H2,1-2H3,(H,20,21). The minimum atomic E-state index is -0.158. The van der Waals surface area contributed by atoms with Gasteiger partial charge in [-0.15, -0.1) is 11.3 Å². The molecule has 2 aromatic rings.